The van der Waals surface area contributed by atoms with Gasteiger partial charge in [-0.2, -0.15) is 0 Å². The van der Waals surface area contributed by atoms with Crippen LogP contribution in [0.15, 0.2) is 6.07 Å². The fourth-order valence-electron chi connectivity index (χ4n) is 1.49. The molecule has 0 aliphatic heterocycles. The van der Waals surface area contributed by atoms with E-state index in [0.29, 0.717) is 11.1 Å². The molecule has 0 fully saturated rings. The smallest absolute Gasteiger partial charge is 0.336 e. The van der Waals surface area contributed by atoms with Crippen LogP contribution < -0.4 is 4.74 Å². The molecule has 1 rings (SSSR count). The lowest BCUT2D eigenvalue weighted by molar-refractivity contribution is -0.385. The van der Waals surface area contributed by atoms with Crippen LogP contribution in [0.4, 0.5) is 5.69 Å². The number of carboxylic acid groups (broad SMARTS) is 1. The number of carbonyl (C=O) groups is 1. The first-order chi connectivity index (χ1) is 7.40. The molecule has 0 atom stereocenters. The zero-order chi connectivity index (χ0) is 12.5. The fourth-order valence-corrected chi connectivity index (χ4v) is 1.49. The second-order valence-electron chi connectivity index (χ2n) is 3.29. The summed E-state index contributed by atoms with van der Waals surface area (Å²) in [7, 11) is 1.31. The van der Waals surface area contributed by atoms with E-state index in [9.17, 15) is 14.9 Å². The maximum atomic E-state index is 10.9. The summed E-state index contributed by atoms with van der Waals surface area (Å²) < 4.78 is 4.92. The van der Waals surface area contributed by atoms with Gasteiger partial charge in [-0.25, -0.2) is 4.79 Å². The molecule has 0 heterocycles. The Kier molecular flexibility index (Phi) is 3.12. The predicted octanol–water partition coefficient (Wildman–Crippen LogP) is 1.92. The molecule has 0 aliphatic carbocycles. The van der Waals surface area contributed by atoms with Crippen molar-refractivity contribution >= 4 is 11.7 Å². The summed E-state index contributed by atoms with van der Waals surface area (Å²) in [6, 6.07) is 1.02. The van der Waals surface area contributed by atoms with Crippen LogP contribution in [0.5, 0.6) is 5.75 Å². The quantitative estimate of drug-likeness (QED) is 0.626. The molecular weight excluding hydrogens is 214 g/mol. The number of hydrogen-bond acceptors (Lipinski definition) is 4. The maximum Gasteiger partial charge on any atom is 0.336 e. The number of nitrogens with zero attached hydrogens (tertiary/aromatic N) is 1. The van der Waals surface area contributed by atoms with E-state index in [1.54, 1.807) is 13.8 Å². The van der Waals surface area contributed by atoms with E-state index in [4.69, 9.17) is 9.84 Å². The third-order valence-corrected chi connectivity index (χ3v) is 2.45. The summed E-state index contributed by atoms with van der Waals surface area (Å²) in [6.07, 6.45) is 0. The van der Waals surface area contributed by atoms with Crippen LogP contribution >= 0.6 is 0 Å². The van der Waals surface area contributed by atoms with Gasteiger partial charge in [0.15, 0.2) is 5.75 Å². The molecule has 0 saturated heterocycles. The van der Waals surface area contributed by atoms with Crippen LogP contribution in [-0.4, -0.2) is 23.1 Å². The van der Waals surface area contributed by atoms with Crippen molar-refractivity contribution in [1.29, 1.82) is 0 Å². The van der Waals surface area contributed by atoms with E-state index < -0.39 is 10.9 Å². The van der Waals surface area contributed by atoms with Crippen molar-refractivity contribution in [3.8, 4) is 5.75 Å². The summed E-state index contributed by atoms with van der Waals surface area (Å²) in [5.74, 6) is -1.08. The molecule has 1 N–H and O–H groups in total. The highest BCUT2D eigenvalue weighted by Gasteiger charge is 2.23. The maximum absolute atomic E-state index is 10.9. The molecular formula is C10H11NO5. The number of ether oxygens (including phenoxy) is 1. The monoisotopic (exact) mass is 225 g/mol. The number of methoxy groups -OCH3 is 1. The fraction of sp³-hybridized carbons (Fsp3) is 0.300. The zero-order valence-corrected chi connectivity index (χ0v) is 9.10. The number of benzene rings is 1. The summed E-state index contributed by atoms with van der Waals surface area (Å²) in [5.41, 5.74) is 0.525. The van der Waals surface area contributed by atoms with E-state index in [1.165, 1.54) is 7.11 Å². The molecule has 16 heavy (non-hydrogen) atoms. The second kappa shape index (κ2) is 4.18. The third-order valence-electron chi connectivity index (χ3n) is 2.45. The van der Waals surface area contributed by atoms with Gasteiger partial charge in [0.25, 0.3) is 0 Å². The Morgan fingerprint density at radius 2 is 2.00 bits per heavy atom. The van der Waals surface area contributed by atoms with Gasteiger partial charge < -0.3 is 9.84 Å². The summed E-state index contributed by atoms with van der Waals surface area (Å²) >= 11 is 0. The Balaban J connectivity index is 3.62. The minimum atomic E-state index is -1.19. The van der Waals surface area contributed by atoms with Gasteiger partial charge in [0.05, 0.1) is 17.6 Å². The average Bonchev–Trinajstić information content (AvgIpc) is 2.20. The summed E-state index contributed by atoms with van der Waals surface area (Å²) in [6.45, 7) is 3.18. The molecule has 0 aliphatic rings. The molecule has 6 heteroatoms. The van der Waals surface area contributed by atoms with Gasteiger partial charge in [0.1, 0.15) is 0 Å². The normalized spacial score (nSPS) is 9.94. The molecule has 1 aromatic carbocycles. The van der Waals surface area contributed by atoms with E-state index in [2.05, 4.69) is 0 Å². The van der Waals surface area contributed by atoms with Crippen molar-refractivity contribution < 1.29 is 19.6 Å². The van der Waals surface area contributed by atoms with Crippen LogP contribution in [0.25, 0.3) is 0 Å². The van der Waals surface area contributed by atoms with Crippen molar-refractivity contribution in [2.24, 2.45) is 0 Å². The van der Waals surface area contributed by atoms with Crippen molar-refractivity contribution in [1.82, 2.24) is 0 Å². The first-order valence-electron chi connectivity index (χ1n) is 4.46. The van der Waals surface area contributed by atoms with Gasteiger partial charge in [-0.1, -0.05) is 0 Å². The topological polar surface area (TPSA) is 89.7 Å². The van der Waals surface area contributed by atoms with Gasteiger partial charge in [-0.05, 0) is 19.4 Å². The first-order valence-corrected chi connectivity index (χ1v) is 4.46. The van der Waals surface area contributed by atoms with Crippen LogP contribution in [0.2, 0.25) is 0 Å². The van der Waals surface area contributed by atoms with Crippen molar-refractivity contribution in [3.05, 3.63) is 32.9 Å². The van der Waals surface area contributed by atoms with Gasteiger partial charge in [0.2, 0.25) is 0 Å². The Morgan fingerprint density at radius 3 is 2.38 bits per heavy atom. The van der Waals surface area contributed by atoms with E-state index in [0.717, 1.165) is 6.07 Å². The Bertz CT molecular complexity index is 467. The van der Waals surface area contributed by atoms with Crippen LogP contribution in [0.3, 0.4) is 0 Å². The largest absolute Gasteiger partial charge is 0.490 e. The van der Waals surface area contributed by atoms with Crippen LogP contribution in [0, 0.1) is 24.0 Å². The molecule has 0 aromatic heterocycles. The molecule has 0 spiro atoms. The molecule has 0 unspecified atom stereocenters. The molecule has 0 amide bonds. The number of nitro benzene ring substituents is 1. The number of rotatable bonds is 3. The Hall–Kier alpha value is -2.11. The predicted molar refractivity (Wildman–Crippen MR) is 56.1 cm³/mol. The average molecular weight is 225 g/mol. The number of carboxylic acids is 1. The van der Waals surface area contributed by atoms with Gasteiger partial charge >= 0.3 is 11.7 Å². The Morgan fingerprint density at radius 1 is 1.44 bits per heavy atom. The van der Waals surface area contributed by atoms with Gasteiger partial charge in [0, 0.05) is 11.6 Å². The molecule has 0 bridgehead atoms. The lowest BCUT2D eigenvalue weighted by Gasteiger charge is -2.10. The minimum absolute atomic E-state index is 0.0787. The first kappa shape index (κ1) is 12.0. The van der Waals surface area contributed by atoms with Crippen LogP contribution in [-0.2, 0) is 0 Å². The Labute approximate surface area is 91.6 Å². The third kappa shape index (κ3) is 1.81. The molecule has 0 radical (unpaired) electrons. The highest BCUT2D eigenvalue weighted by molar-refractivity contribution is 5.91. The molecule has 86 valence electrons. The lowest BCUT2D eigenvalue weighted by Crippen LogP contribution is -2.05. The lowest BCUT2D eigenvalue weighted by atomic mass is 10.0. The highest BCUT2D eigenvalue weighted by atomic mass is 16.6. The van der Waals surface area contributed by atoms with Crippen molar-refractivity contribution in [3.63, 3.8) is 0 Å². The van der Waals surface area contributed by atoms with E-state index in [1.807, 2.05) is 0 Å². The summed E-state index contributed by atoms with van der Waals surface area (Å²) in [4.78, 5) is 21.0. The van der Waals surface area contributed by atoms with Gasteiger partial charge in [-0.3, -0.25) is 10.1 Å². The SMILES string of the molecule is COc1c([N+](=O)[O-])cc(C(=O)O)c(C)c1C. The standard InChI is InChI=1S/C10H11NO5/c1-5-6(2)9(16-3)8(11(14)15)4-7(5)10(12)13/h4H,1-3H3,(H,12,13). The number of hydrogen-bond donors (Lipinski definition) is 1. The van der Waals surface area contributed by atoms with Crippen molar-refractivity contribution in [2.45, 2.75) is 13.8 Å². The second-order valence-corrected chi connectivity index (χ2v) is 3.29. The molecule has 1 aromatic rings. The molecule has 6 nitrogen and oxygen atoms in total. The number of nitro groups is 1. The molecule has 0 saturated carbocycles. The summed E-state index contributed by atoms with van der Waals surface area (Å²) in [5, 5.41) is 19.6. The minimum Gasteiger partial charge on any atom is -0.490 e. The van der Waals surface area contributed by atoms with Crippen molar-refractivity contribution in [2.75, 3.05) is 7.11 Å². The highest BCUT2D eigenvalue weighted by Crippen LogP contribution is 2.34. The van der Waals surface area contributed by atoms with E-state index >= 15 is 0 Å². The zero-order valence-electron chi connectivity index (χ0n) is 9.10. The van der Waals surface area contributed by atoms with Crippen LogP contribution in [0.1, 0.15) is 21.5 Å². The van der Waals surface area contributed by atoms with Gasteiger partial charge in [-0.15, -0.1) is 0 Å². The number of aromatic carboxylic acids is 1. The van der Waals surface area contributed by atoms with E-state index in [-0.39, 0.29) is 17.0 Å².